The number of ether oxygens (including phenoxy) is 1. The fourth-order valence-corrected chi connectivity index (χ4v) is 3.71. The van der Waals surface area contributed by atoms with Crippen molar-refractivity contribution >= 4 is 28.8 Å². The molecule has 0 radical (unpaired) electrons. The van der Waals surface area contributed by atoms with E-state index in [9.17, 15) is 9.90 Å². The molecule has 3 rings (SSSR count). The molecule has 154 valence electrons. The van der Waals surface area contributed by atoms with Crippen LogP contribution in [0.5, 0.6) is 0 Å². The van der Waals surface area contributed by atoms with Crippen molar-refractivity contribution < 1.29 is 32.2 Å². The minimum Gasteiger partial charge on any atom is -0.462 e. The first kappa shape index (κ1) is 23.8. The van der Waals surface area contributed by atoms with Gasteiger partial charge in [0.1, 0.15) is 12.0 Å². The highest BCUT2D eigenvalue weighted by Gasteiger charge is 2.40. The number of aliphatic hydroxyl groups excluding tert-OH is 1. The van der Waals surface area contributed by atoms with Gasteiger partial charge in [-0.2, -0.15) is 8.42 Å². The van der Waals surface area contributed by atoms with Crippen molar-refractivity contribution in [3.05, 3.63) is 35.9 Å². The van der Waals surface area contributed by atoms with Crippen molar-refractivity contribution in [3.63, 3.8) is 0 Å². The second-order valence-electron chi connectivity index (χ2n) is 6.67. The van der Waals surface area contributed by atoms with Gasteiger partial charge in [0.25, 0.3) is 0 Å². The third-order valence-corrected chi connectivity index (χ3v) is 5.01. The molecule has 0 aliphatic carbocycles. The molecule has 0 aromatic heterocycles. The monoisotopic (exact) mass is 423 g/mol. The first-order chi connectivity index (χ1) is 12.2. The molecule has 2 aliphatic heterocycles. The summed E-state index contributed by atoms with van der Waals surface area (Å²) in [6, 6.07) is 10.5. The maximum atomic E-state index is 12.4. The summed E-state index contributed by atoms with van der Waals surface area (Å²) in [6.07, 6.45) is 4.26. The zero-order valence-corrected chi connectivity index (χ0v) is 16.6. The number of hydrogen-bond acceptors (Lipinski definition) is 6. The molecule has 2 saturated heterocycles. The third kappa shape index (κ3) is 7.36. The van der Waals surface area contributed by atoms with Gasteiger partial charge in [0.05, 0.1) is 6.61 Å². The minimum atomic E-state index is -4.67. The van der Waals surface area contributed by atoms with Crippen LogP contribution in [-0.4, -0.2) is 65.3 Å². The molecule has 2 heterocycles. The zero-order chi connectivity index (χ0) is 19.3. The average molecular weight is 424 g/mol. The number of aliphatic hydroxyl groups is 1. The van der Waals surface area contributed by atoms with E-state index in [0.717, 1.165) is 18.4 Å². The number of carbonyl (C=O) groups is 1. The van der Waals surface area contributed by atoms with Crippen molar-refractivity contribution in [2.75, 3.05) is 13.7 Å². The molecule has 0 spiro atoms. The molecule has 1 aromatic carbocycles. The highest BCUT2D eigenvalue weighted by molar-refractivity contribution is 7.79. The number of piperidine rings is 1. The highest BCUT2D eigenvalue weighted by Crippen LogP contribution is 2.36. The van der Waals surface area contributed by atoms with Crippen LogP contribution in [0.15, 0.2) is 30.3 Å². The summed E-state index contributed by atoms with van der Waals surface area (Å²) in [5.41, 5.74) is 0.820. The SMILES string of the molecule is CN1C2CCC1CC(OC(=O)C(CO)c1ccccc1)C2.Cl.O=S(=O)(O)O. The first-order valence-electron chi connectivity index (χ1n) is 8.47. The van der Waals surface area contributed by atoms with Gasteiger partial charge in [0.15, 0.2) is 0 Å². The van der Waals surface area contributed by atoms with Crippen LogP contribution in [0.25, 0.3) is 0 Å². The number of hydrogen-bond donors (Lipinski definition) is 3. The van der Waals surface area contributed by atoms with E-state index in [1.807, 2.05) is 30.3 Å². The minimum absolute atomic E-state index is 0. The molecule has 3 unspecified atom stereocenters. The molecule has 0 amide bonds. The molecule has 3 N–H and O–H groups in total. The summed E-state index contributed by atoms with van der Waals surface area (Å²) >= 11 is 0. The Morgan fingerprint density at radius 1 is 1.19 bits per heavy atom. The molecule has 2 aliphatic rings. The lowest BCUT2D eigenvalue weighted by molar-refractivity contribution is -0.155. The van der Waals surface area contributed by atoms with E-state index < -0.39 is 16.3 Å². The standard InChI is InChI=1S/C17H23NO3.ClH.H2O4S/c1-18-13-7-8-14(18)10-15(9-13)21-17(20)16(11-19)12-5-3-2-4-6-12;;1-5(2,3)4/h2-6,13-16,19H,7-11H2,1H3;1H;(H2,1,2,3,4). The van der Waals surface area contributed by atoms with E-state index in [1.165, 1.54) is 12.8 Å². The van der Waals surface area contributed by atoms with Crippen LogP contribution in [0.1, 0.15) is 37.2 Å². The van der Waals surface area contributed by atoms with Gasteiger partial charge in [-0.3, -0.25) is 13.9 Å². The zero-order valence-electron chi connectivity index (χ0n) is 15.0. The molecule has 3 atom stereocenters. The molecule has 10 heteroatoms. The van der Waals surface area contributed by atoms with Gasteiger partial charge in [0, 0.05) is 12.1 Å². The van der Waals surface area contributed by atoms with Crippen LogP contribution in [0.4, 0.5) is 0 Å². The normalized spacial score (nSPS) is 25.6. The summed E-state index contributed by atoms with van der Waals surface area (Å²) < 4.78 is 37.3. The molecular formula is C17H26ClNO7S. The molecule has 2 bridgehead atoms. The maximum Gasteiger partial charge on any atom is 0.394 e. The fraction of sp³-hybridized carbons (Fsp3) is 0.588. The lowest BCUT2D eigenvalue weighted by Crippen LogP contribution is -2.43. The molecule has 27 heavy (non-hydrogen) atoms. The highest BCUT2D eigenvalue weighted by atomic mass is 35.5. The predicted octanol–water partition coefficient (Wildman–Crippen LogP) is 1.70. The second kappa shape index (κ2) is 10.4. The van der Waals surface area contributed by atoms with Gasteiger partial charge >= 0.3 is 16.4 Å². The number of esters is 1. The quantitative estimate of drug-likeness (QED) is 0.493. The van der Waals surface area contributed by atoms with E-state index in [-0.39, 0.29) is 31.1 Å². The van der Waals surface area contributed by atoms with E-state index in [0.29, 0.717) is 12.1 Å². The molecular weight excluding hydrogens is 398 g/mol. The van der Waals surface area contributed by atoms with Crippen molar-refractivity contribution in [3.8, 4) is 0 Å². The largest absolute Gasteiger partial charge is 0.462 e. The van der Waals surface area contributed by atoms with Crippen LogP contribution in [0, 0.1) is 0 Å². The summed E-state index contributed by atoms with van der Waals surface area (Å²) in [4.78, 5) is 14.8. The molecule has 8 nitrogen and oxygen atoms in total. The summed E-state index contributed by atoms with van der Waals surface area (Å²) in [5, 5.41) is 9.53. The number of halogens is 1. The topological polar surface area (TPSA) is 124 Å². The third-order valence-electron chi connectivity index (χ3n) is 5.01. The van der Waals surface area contributed by atoms with Crippen molar-refractivity contribution in [2.45, 2.75) is 49.8 Å². The summed E-state index contributed by atoms with van der Waals surface area (Å²) in [6.45, 7) is -0.206. The summed E-state index contributed by atoms with van der Waals surface area (Å²) in [7, 11) is -2.50. The Labute approximate surface area is 165 Å². The first-order valence-corrected chi connectivity index (χ1v) is 9.87. The Morgan fingerprint density at radius 2 is 1.67 bits per heavy atom. The predicted molar refractivity (Wildman–Crippen MR) is 101 cm³/mol. The molecule has 2 fully saturated rings. The van der Waals surface area contributed by atoms with Crippen molar-refractivity contribution in [1.82, 2.24) is 4.90 Å². The molecule has 0 saturated carbocycles. The number of rotatable bonds is 4. The smallest absolute Gasteiger partial charge is 0.394 e. The number of fused-ring (bicyclic) bond motifs is 2. The van der Waals surface area contributed by atoms with E-state index in [1.54, 1.807) is 0 Å². The van der Waals surface area contributed by atoms with Gasteiger partial charge < -0.3 is 14.7 Å². The van der Waals surface area contributed by atoms with E-state index >= 15 is 0 Å². The Kier molecular flexibility index (Phi) is 9.13. The Balaban J connectivity index is 0.000000542. The Hall–Kier alpha value is -1.23. The molecule has 1 aromatic rings. The van der Waals surface area contributed by atoms with Crippen LogP contribution in [0.2, 0.25) is 0 Å². The van der Waals surface area contributed by atoms with Crippen LogP contribution >= 0.6 is 12.4 Å². The van der Waals surface area contributed by atoms with Crippen molar-refractivity contribution in [2.24, 2.45) is 0 Å². The lowest BCUT2D eigenvalue weighted by Gasteiger charge is -2.36. The van der Waals surface area contributed by atoms with E-state index in [4.69, 9.17) is 22.3 Å². The Bertz CT molecular complexity index is 678. The average Bonchev–Trinajstić information content (AvgIpc) is 2.77. The number of benzene rings is 1. The van der Waals surface area contributed by atoms with Crippen LogP contribution in [-0.2, 0) is 19.9 Å². The number of carbonyl (C=O) groups excluding carboxylic acids is 1. The number of nitrogens with zero attached hydrogens (tertiary/aromatic N) is 1. The fourth-order valence-electron chi connectivity index (χ4n) is 3.71. The van der Waals surface area contributed by atoms with Gasteiger partial charge in [-0.05, 0) is 38.3 Å². The van der Waals surface area contributed by atoms with Gasteiger partial charge in [-0.1, -0.05) is 30.3 Å². The maximum absolute atomic E-state index is 12.4. The van der Waals surface area contributed by atoms with Gasteiger partial charge in [0.2, 0.25) is 0 Å². The Morgan fingerprint density at radius 3 is 2.11 bits per heavy atom. The van der Waals surface area contributed by atoms with Gasteiger partial charge in [-0.25, -0.2) is 0 Å². The van der Waals surface area contributed by atoms with E-state index in [2.05, 4.69) is 11.9 Å². The second-order valence-corrected chi connectivity index (χ2v) is 7.57. The van der Waals surface area contributed by atoms with Crippen LogP contribution in [0.3, 0.4) is 0 Å². The van der Waals surface area contributed by atoms with Crippen molar-refractivity contribution in [1.29, 1.82) is 0 Å². The summed E-state index contributed by atoms with van der Waals surface area (Å²) in [5.74, 6) is -0.860. The van der Waals surface area contributed by atoms with Crippen LogP contribution < -0.4 is 0 Å². The lowest BCUT2D eigenvalue weighted by atomic mass is 9.98. The van der Waals surface area contributed by atoms with Gasteiger partial charge in [-0.15, -0.1) is 12.4 Å².